The van der Waals surface area contributed by atoms with E-state index in [-0.39, 0.29) is 24.3 Å². The van der Waals surface area contributed by atoms with E-state index in [9.17, 15) is 9.59 Å². The molecule has 0 atom stereocenters. The highest BCUT2D eigenvalue weighted by atomic mass is 16.5. The summed E-state index contributed by atoms with van der Waals surface area (Å²) in [6.45, 7) is 3.88. The first-order chi connectivity index (χ1) is 12.0. The van der Waals surface area contributed by atoms with Gasteiger partial charge in [-0.2, -0.15) is 0 Å². The van der Waals surface area contributed by atoms with Gasteiger partial charge >= 0.3 is 0 Å². The molecule has 0 spiro atoms. The van der Waals surface area contributed by atoms with Gasteiger partial charge in [0.15, 0.2) is 6.61 Å². The third-order valence-corrected chi connectivity index (χ3v) is 4.09. The van der Waals surface area contributed by atoms with Crippen molar-refractivity contribution < 1.29 is 14.3 Å². The van der Waals surface area contributed by atoms with Crippen LogP contribution < -0.4 is 15.4 Å². The minimum absolute atomic E-state index is 0.0511. The summed E-state index contributed by atoms with van der Waals surface area (Å²) in [6, 6.07) is 13.0. The molecule has 2 aromatic rings. The number of carbonyl (C=O) groups is 2. The molecule has 0 bridgehead atoms. The smallest absolute Gasteiger partial charge is 0.262 e. The zero-order chi connectivity index (χ0) is 17.8. The van der Waals surface area contributed by atoms with Crippen LogP contribution in [0.4, 0.5) is 11.4 Å². The van der Waals surface area contributed by atoms with E-state index < -0.39 is 0 Å². The van der Waals surface area contributed by atoms with Crippen molar-refractivity contribution in [2.24, 2.45) is 5.92 Å². The van der Waals surface area contributed by atoms with E-state index in [1.807, 2.05) is 32.0 Å². The van der Waals surface area contributed by atoms with E-state index in [0.29, 0.717) is 11.4 Å². The summed E-state index contributed by atoms with van der Waals surface area (Å²) in [6.07, 6.45) is 1.95. The number of hydrogen-bond donors (Lipinski definition) is 2. The first-order valence-corrected chi connectivity index (χ1v) is 8.42. The maximum absolute atomic E-state index is 12.0. The maximum Gasteiger partial charge on any atom is 0.262 e. The van der Waals surface area contributed by atoms with Crippen molar-refractivity contribution in [3.63, 3.8) is 0 Å². The Hall–Kier alpha value is -2.82. The summed E-state index contributed by atoms with van der Waals surface area (Å²) in [5.74, 6) is 0.726. The fraction of sp³-hybridized carbons (Fsp3) is 0.300. The van der Waals surface area contributed by atoms with Crippen LogP contribution in [0, 0.1) is 19.8 Å². The van der Waals surface area contributed by atoms with Gasteiger partial charge in [0.2, 0.25) is 5.91 Å². The highest BCUT2D eigenvalue weighted by Gasteiger charge is 2.29. The Morgan fingerprint density at radius 2 is 1.64 bits per heavy atom. The molecule has 5 nitrogen and oxygen atoms in total. The summed E-state index contributed by atoms with van der Waals surface area (Å²) >= 11 is 0. The van der Waals surface area contributed by atoms with Gasteiger partial charge in [0.25, 0.3) is 5.91 Å². The summed E-state index contributed by atoms with van der Waals surface area (Å²) in [7, 11) is 0. The van der Waals surface area contributed by atoms with Gasteiger partial charge in [-0.05, 0) is 68.1 Å². The SMILES string of the molecule is Cc1ccc(C)c(OCC(=O)Nc2ccc(NC(=O)C3CC3)cc2)c1. The molecule has 1 fully saturated rings. The zero-order valence-electron chi connectivity index (χ0n) is 14.5. The summed E-state index contributed by atoms with van der Waals surface area (Å²) < 4.78 is 5.59. The second kappa shape index (κ2) is 7.38. The van der Waals surface area contributed by atoms with Gasteiger partial charge in [-0.1, -0.05) is 12.1 Å². The number of anilines is 2. The number of rotatable bonds is 6. The fourth-order valence-electron chi connectivity index (χ4n) is 2.43. The minimum atomic E-state index is -0.226. The topological polar surface area (TPSA) is 67.4 Å². The van der Waals surface area contributed by atoms with Gasteiger partial charge < -0.3 is 15.4 Å². The highest BCUT2D eigenvalue weighted by molar-refractivity contribution is 5.95. The molecule has 1 aliphatic carbocycles. The summed E-state index contributed by atoms with van der Waals surface area (Å²) in [5.41, 5.74) is 3.49. The molecule has 1 saturated carbocycles. The average Bonchev–Trinajstić information content (AvgIpc) is 3.42. The van der Waals surface area contributed by atoms with E-state index in [1.54, 1.807) is 24.3 Å². The van der Waals surface area contributed by atoms with Crippen LogP contribution in [-0.4, -0.2) is 18.4 Å². The van der Waals surface area contributed by atoms with Crippen molar-refractivity contribution in [3.8, 4) is 5.75 Å². The van der Waals surface area contributed by atoms with Gasteiger partial charge in [-0.25, -0.2) is 0 Å². The first-order valence-electron chi connectivity index (χ1n) is 8.42. The Labute approximate surface area is 147 Å². The molecule has 130 valence electrons. The lowest BCUT2D eigenvalue weighted by Crippen LogP contribution is -2.20. The molecule has 0 aliphatic heterocycles. The second-order valence-corrected chi connectivity index (χ2v) is 6.45. The predicted octanol–water partition coefficient (Wildman–Crippen LogP) is 3.67. The number of amides is 2. The van der Waals surface area contributed by atoms with E-state index >= 15 is 0 Å². The molecule has 25 heavy (non-hydrogen) atoms. The van der Waals surface area contributed by atoms with Crippen LogP contribution in [0.1, 0.15) is 24.0 Å². The van der Waals surface area contributed by atoms with Crippen molar-refractivity contribution in [1.29, 1.82) is 0 Å². The first kappa shape index (κ1) is 17.0. The molecule has 0 saturated heterocycles. The van der Waals surface area contributed by atoms with Crippen LogP contribution in [0.25, 0.3) is 0 Å². The van der Waals surface area contributed by atoms with Gasteiger partial charge in [0.1, 0.15) is 5.75 Å². The zero-order valence-corrected chi connectivity index (χ0v) is 14.5. The van der Waals surface area contributed by atoms with E-state index in [0.717, 1.165) is 29.7 Å². The van der Waals surface area contributed by atoms with Crippen LogP contribution in [0.2, 0.25) is 0 Å². The van der Waals surface area contributed by atoms with Gasteiger partial charge in [-0.15, -0.1) is 0 Å². The van der Waals surface area contributed by atoms with Crippen LogP contribution in [-0.2, 0) is 9.59 Å². The molecule has 2 N–H and O–H groups in total. The number of benzene rings is 2. The highest BCUT2D eigenvalue weighted by Crippen LogP contribution is 2.30. The largest absolute Gasteiger partial charge is 0.483 e. The summed E-state index contributed by atoms with van der Waals surface area (Å²) in [5, 5.41) is 5.65. The van der Waals surface area contributed by atoms with Crippen molar-refractivity contribution in [3.05, 3.63) is 53.6 Å². The van der Waals surface area contributed by atoms with E-state index in [4.69, 9.17) is 4.74 Å². The Kier molecular flexibility index (Phi) is 5.03. The molecule has 3 rings (SSSR count). The Balaban J connectivity index is 1.50. The molecular formula is C20H22N2O3. The van der Waals surface area contributed by atoms with Crippen molar-refractivity contribution in [1.82, 2.24) is 0 Å². The van der Waals surface area contributed by atoms with Crippen LogP contribution in [0.5, 0.6) is 5.75 Å². The Morgan fingerprint density at radius 1 is 1.00 bits per heavy atom. The third-order valence-electron chi connectivity index (χ3n) is 4.09. The molecule has 2 aromatic carbocycles. The third kappa shape index (κ3) is 4.83. The molecule has 0 aromatic heterocycles. The maximum atomic E-state index is 12.0. The van der Waals surface area contributed by atoms with Crippen molar-refractivity contribution >= 4 is 23.2 Å². The molecular weight excluding hydrogens is 316 g/mol. The molecule has 1 aliphatic rings. The normalized spacial score (nSPS) is 13.2. The number of nitrogens with one attached hydrogen (secondary N) is 2. The molecule has 0 heterocycles. The van der Waals surface area contributed by atoms with Gasteiger partial charge in [0.05, 0.1) is 0 Å². The minimum Gasteiger partial charge on any atom is -0.483 e. The van der Waals surface area contributed by atoms with E-state index in [2.05, 4.69) is 10.6 Å². The monoisotopic (exact) mass is 338 g/mol. The molecule has 0 unspecified atom stereocenters. The van der Waals surface area contributed by atoms with Crippen LogP contribution >= 0.6 is 0 Å². The molecule has 0 radical (unpaired) electrons. The standard InChI is InChI=1S/C20H22N2O3/c1-13-3-4-14(2)18(11-13)25-12-19(23)21-16-7-9-17(10-8-16)22-20(24)15-5-6-15/h3-4,7-11,15H,5-6,12H2,1-2H3,(H,21,23)(H,22,24). The van der Waals surface area contributed by atoms with Gasteiger partial charge in [0, 0.05) is 17.3 Å². The van der Waals surface area contributed by atoms with Crippen LogP contribution in [0.15, 0.2) is 42.5 Å². The number of aryl methyl sites for hydroxylation is 2. The lowest BCUT2D eigenvalue weighted by molar-refractivity contribution is -0.118. The molecule has 2 amide bonds. The van der Waals surface area contributed by atoms with Crippen molar-refractivity contribution in [2.45, 2.75) is 26.7 Å². The van der Waals surface area contributed by atoms with Crippen molar-refractivity contribution in [2.75, 3.05) is 17.2 Å². The Bertz CT molecular complexity index is 780. The van der Waals surface area contributed by atoms with Crippen LogP contribution in [0.3, 0.4) is 0 Å². The summed E-state index contributed by atoms with van der Waals surface area (Å²) in [4.78, 5) is 23.7. The quantitative estimate of drug-likeness (QED) is 0.844. The number of carbonyl (C=O) groups excluding carboxylic acids is 2. The average molecular weight is 338 g/mol. The lowest BCUT2D eigenvalue weighted by Gasteiger charge is -2.11. The number of ether oxygens (including phenoxy) is 1. The lowest BCUT2D eigenvalue weighted by atomic mass is 10.1. The second-order valence-electron chi connectivity index (χ2n) is 6.45. The van der Waals surface area contributed by atoms with Gasteiger partial charge in [-0.3, -0.25) is 9.59 Å². The fourth-order valence-corrected chi connectivity index (χ4v) is 2.43. The number of hydrogen-bond acceptors (Lipinski definition) is 3. The predicted molar refractivity (Wildman–Crippen MR) is 97.8 cm³/mol. The van der Waals surface area contributed by atoms with E-state index in [1.165, 1.54) is 0 Å². The molecule has 5 heteroatoms. The Morgan fingerprint density at radius 3 is 2.28 bits per heavy atom.